The summed E-state index contributed by atoms with van der Waals surface area (Å²) in [4.78, 5) is 0. The second-order valence-electron chi connectivity index (χ2n) is 5.30. The van der Waals surface area contributed by atoms with Crippen molar-refractivity contribution in [1.82, 2.24) is 5.32 Å². The van der Waals surface area contributed by atoms with Gasteiger partial charge in [0, 0.05) is 22.6 Å². The van der Waals surface area contributed by atoms with Crippen molar-refractivity contribution < 1.29 is 4.74 Å². The molecule has 0 unspecified atom stereocenters. The average molecular weight is 403 g/mol. The Bertz CT molecular complexity index is 495. The third-order valence-electron chi connectivity index (χ3n) is 3.14. The second-order valence-corrected chi connectivity index (χ2v) is 7.07. The highest BCUT2D eigenvalue weighted by Gasteiger charge is 2.19. The summed E-state index contributed by atoms with van der Waals surface area (Å²) in [5.74, 6) is 0.931. The molecule has 0 bridgehead atoms. The number of ether oxygens (including phenoxy) is 1. The molecular formula is C16H21Br2NO. The fraction of sp³-hybridized carbons (Fsp3) is 0.500. The van der Waals surface area contributed by atoms with E-state index in [9.17, 15) is 0 Å². The van der Waals surface area contributed by atoms with Gasteiger partial charge in [-0.1, -0.05) is 34.5 Å². The molecule has 0 aliphatic heterocycles. The molecule has 2 rings (SSSR count). The average Bonchev–Trinajstić information content (AvgIpc) is 3.19. The molecule has 20 heavy (non-hydrogen) atoms. The first-order valence-corrected chi connectivity index (χ1v) is 8.71. The smallest absolute Gasteiger partial charge is 0.140 e. The van der Waals surface area contributed by atoms with Crippen LogP contribution >= 0.6 is 31.9 Å². The summed E-state index contributed by atoms with van der Waals surface area (Å²) in [5.41, 5.74) is 2.44. The van der Waals surface area contributed by atoms with Gasteiger partial charge in [-0.25, -0.2) is 0 Å². The highest BCUT2D eigenvalue weighted by atomic mass is 79.9. The van der Waals surface area contributed by atoms with E-state index in [4.69, 9.17) is 4.74 Å². The van der Waals surface area contributed by atoms with Crippen LogP contribution in [0.1, 0.15) is 38.7 Å². The zero-order chi connectivity index (χ0) is 14.5. The lowest BCUT2D eigenvalue weighted by molar-refractivity contribution is 0.315. The van der Waals surface area contributed by atoms with Crippen LogP contribution < -0.4 is 10.1 Å². The summed E-state index contributed by atoms with van der Waals surface area (Å²) >= 11 is 7.14. The zero-order valence-corrected chi connectivity index (χ0v) is 15.2. The maximum absolute atomic E-state index is 5.88. The van der Waals surface area contributed by atoms with Gasteiger partial charge in [0.2, 0.25) is 0 Å². The van der Waals surface area contributed by atoms with Crippen molar-refractivity contribution in [1.29, 1.82) is 0 Å². The van der Waals surface area contributed by atoms with Crippen LogP contribution in [0.5, 0.6) is 5.75 Å². The van der Waals surface area contributed by atoms with E-state index < -0.39 is 0 Å². The second kappa shape index (κ2) is 7.62. The summed E-state index contributed by atoms with van der Waals surface area (Å²) in [6.45, 7) is 5.96. The lowest BCUT2D eigenvalue weighted by atomic mass is 10.1. The zero-order valence-electron chi connectivity index (χ0n) is 12.0. The molecule has 1 fully saturated rings. The monoisotopic (exact) mass is 401 g/mol. The Morgan fingerprint density at radius 2 is 2.15 bits per heavy atom. The van der Waals surface area contributed by atoms with Gasteiger partial charge in [0.15, 0.2) is 0 Å². The molecule has 4 heteroatoms. The molecule has 1 aliphatic rings. The molecule has 1 N–H and O–H groups in total. The fourth-order valence-corrected chi connectivity index (χ4v) is 3.33. The van der Waals surface area contributed by atoms with Gasteiger partial charge in [-0.3, -0.25) is 0 Å². The lowest BCUT2D eigenvalue weighted by Gasteiger charge is -2.12. The number of halogens is 2. The van der Waals surface area contributed by atoms with Crippen LogP contribution in [-0.2, 0) is 0 Å². The predicted molar refractivity (Wildman–Crippen MR) is 92.3 cm³/mol. The van der Waals surface area contributed by atoms with Gasteiger partial charge in [0.05, 0.1) is 11.1 Å². The van der Waals surface area contributed by atoms with Crippen LogP contribution in [0.2, 0.25) is 0 Å². The van der Waals surface area contributed by atoms with Crippen molar-refractivity contribution >= 4 is 37.9 Å². The molecular weight excluding hydrogens is 382 g/mol. The first-order chi connectivity index (χ1) is 9.60. The molecule has 0 saturated heterocycles. The fourth-order valence-electron chi connectivity index (χ4n) is 1.95. The number of hydrogen-bond donors (Lipinski definition) is 1. The molecule has 0 heterocycles. The highest BCUT2D eigenvalue weighted by molar-refractivity contribution is 9.11. The highest BCUT2D eigenvalue weighted by Crippen LogP contribution is 2.34. The third-order valence-corrected chi connectivity index (χ3v) is 4.18. The summed E-state index contributed by atoms with van der Waals surface area (Å²) in [6.07, 6.45) is 5.85. The SMILES string of the molecule is CCCOc1c(Br)cc(Br)cc1C=C(C)CNC1CC1. The van der Waals surface area contributed by atoms with E-state index >= 15 is 0 Å². The molecule has 110 valence electrons. The van der Waals surface area contributed by atoms with E-state index in [1.54, 1.807) is 0 Å². The van der Waals surface area contributed by atoms with Gasteiger partial charge in [-0.05, 0) is 54.2 Å². The molecule has 0 aromatic heterocycles. The van der Waals surface area contributed by atoms with Crippen molar-refractivity contribution in [2.75, 3.05) is 13.2 Å². The molecule has 1 aliphatic carbocycles. The lowest BCUT2D eigenvalue weighted by Crippen LogP contribution is -2.18. The normalized spacial score (nSPS) is 15.5. The van der Waals surface area contributed by atoms with Gasteiger partial charge in [0.25, 0.3) is 0 Å². The van der Waals surface area contributed by atoms with Crippen LogP contribution in [0.15, 0.2) is 26.7 Å². The summed E-state index contributed by atoms with van der Waals surface area (Å²) in [7, 11) is 0. The van der Waals surface area contributed by atoms with E-state index in [1.165, 1.54) is 18.4 Å². The standard InChI is InChI=1S/C16H21Br2NO/c1-3-6-20-16-12(8-13(17)9-15(16)18)7-11(2)10-19-14-4-5-14/h7-9,14,19H,3-6,10H2,1-2H3. The first-order valence-electron chi connectivity index (χ1n) is 7.12. The Kier molecular flexibility index (Phi) is 6.12. The maximum atomic E-state index is 5.88. The van der Waals surface area contributed by atoms with Crippen molar-refractivity contribution in [3.8, 4) is 5.75 Å². The number of rotatable bonds is 7. The molecule has 1 aromatic carbocycles. The molecule has 0 radical (unpaired) electrons. The Morgan fingerprint density at radius 3 is 2.80 bits per heavy atom. The van der Waals surface area contributed by atoms with Crippen LogP contribution in [0.3, 0.4) is 0 Å². The summed E-state index contributed by atoms with van der Waals surface area (Å²) < 4.78 is 7.93. The topological polar surface area (TPSA) is 21.3 Å². The first kappa shape index (κ1) is 16.1. The Labute approximate surface area is 138 Å². The summed E-state index contributed by atoms with van der Waals surface area (Å²) in [6, 6.07) is 4.87. The Balaban J connectivity index is 2.16. The molecule has 1 saturated carbocycles. The number of benzene rings is 1. The number of hydrogen-bond acceptors (Lipinski definition) is 2. The van der Waals surface area contributed by atoms with Crippen molar-refractivity contribution in [2.24, 2.45) is 0 Å². The summed E-state index contributed by atoms with van der Waals surface area (Å²) in [5, 5.41) is 3.54. The maximum Gasteiger partial charge on any atom is 0.140 e. The predicted octanol–water partition coefficient (Wildman–Crippen LogP) is 5.16. The third kappa shape index (κ3) is 4.90. The van der Waals surface area contributed by atoms with Crippen molar-refractivity contribution in [3.63, 3.8) is 0 Å². The molecule has 0 spiro atoms. The van der Waals surface area contributed by atoms with Gasteiger partial charge in [0.1, 0.15) is 5.75 Å². The molecule has 0 amide bonds. The van der Waals surface area contributed by atoms with Crippen molar-refractivity contribution in [2.45, 2.75) is 39.2 Å². The molecule has 1 aromatic rings. The Morgan fingerprint density at radius 1 is 1.40 bits per heavy atom. The van der Waals surface area contributed by atoms with Crippen molar-refractivity contribution in [3.05, 3.63) is 32.2 Å². The van der Waals surface area contributed by atoms with E-state index in [2.05, 4.69) is 63.2 Å². The van der Waals surface area contributed by atoms with E-state index in [1.807, 2.05) is 6.07 Å². The number of nitrogens with one attached hydrogen (secondary N) is 1. The van der Waals surface area contributed by atoms with Gasteiger partial charge in [-0.2, -0.15) is 0 Å². The minimum atomic E-state index is 0.737. The van der Waals surface area contributed by atoms with Gasteiger partial charge >= 0.3 is 0 Å². The largest absolute Gasteiger partial charge is 0.492 e. The van der Waals surface area contributed by atoms with E-state index in [0.717, 1.165) is 45.9 Å². The van der Waals surface area contributed by atoms with Crippen LogP contribution in [-0.4, -0.2) is 19.2 Å². The molecule has 0 atom stereocenters. The van der Waals surface area contributed by atoms with Crippen LogP contribution in [0.25, 0.3) is 6.08 Å². The van der Waals surface area contributed by atoms with E-state index in [0.29, 0.717) is 0 Å². The van der Waals surface area contributed by atoms with E-state index in [-0.39, 0.29) is 0 Å². The minimum absolute atomic E-state index is 0.737. The van der Waals surface area contributed by atoms with Gasteiger partial charge in [-0.15, -0.1) is 0 Å². The molecule has 2 nitrogen and oxygen atoms in total. The van der Waals surface area contributed by atoms with Gasteiger partial charge < -0.3 is 10.1 Å². The Hall–Kier alpha value is -0.320. The van der Waals surface area contributed by atoms with Crippen LogP contribution in [0.4, 0.5) is 0 Å². The minimum Gasteiger partial charge on any atom is -0.492 e. The van der Waals surface area contributed by atoms with Crippen LogP contribution in [0, 0.1) is 0 Å². The quantitative estimate of drug-likeness (QED) is 0.680.